The van der Waals surface area contributed by atoms with Gasteiger partial charge in [0.2, 0.25) is 5.37 Å². The molecule has 1 aromatic rings. The maximum atomic E-state index is 10.6. The number of hydrogen-bond donors (Lipinski definition) is 1. The lowest BCUT2D eigenvalue weighted by Gasteiger charge is -2.04. The Balaban J connectivity index is 3.13. The van der Waals surface area contributed by atoms with Crippen LogP contribution in [0.4, 0.5) is 0 Å². The molecule has 1 rings (SSSR count). The number of nitrogens with zero attached hydrogens (tertiary/aromatic N) is 1. The maximum absolute atomic E-state index is 10.6. The Labute approximate surface area is 75.1 Å². The molecule has 0 bridgehead atoms. The zero-order chi connectivity index (χ0) is 9.90. The Bertz CT molecular complexity index is 386. The molecule has 0 aromatic heterocycles. The van der Waals surface area contributed by atoms with Crippen LogP contribution in [0.5, 0.6) is 0 Å². The van der Waals surface area contributed by atoms with E-state index in [0.717, 1.165) is 0 Å². The van der Waals surface area contributed by atoms with Crippen molar-refractivity contribution in [3.05, 3.63) is 40.8 Å². The van der Waals surface area contributed by atoms with Gasteiger partial charge in [0.05, 0.1) is 0 Å². The Morgan fingerprint density at radius 2 is 1.77 bits per heavy atom. The van der Waals surface area contributed by atoms with Crippen LogP contribution in [0.25, 0.3) is 0 Å². The van der Waals surface area contributed by atoms with Crippen molar-refractivity contribution in [3.63, 3.8) is 0 Å². The SMILES string of the molecule is O=NC(c1ccccc1)S(=O)(=O)O. The lowest BCUT2D eigenvalue weighted by molar-refractivity contribution is 0.470. The molecule has 0 aliphatic heterocycles. The molecule has 0 spiro atoms. The summed E-state index contributed by atoms with van der Waals surface area (Å²) in [5.74, 6) is 0. The van der Waals surface area contributed by atoms with Crippen molar-refractivity contribution in [1.29, 1.82) is 0 Å². The Morgan fingerprint density at radius 3 is 2.15 bits per heavy atom. The quantitative estimate of drug-likeness (QED) is 0.590. The van der Waals surface area contributed by atoms with E-state index in [9.17, 15) is 13.3 Å². The van der Waals surface area contributed by atoms with Gasteiger partial charge in [0.25, 0.3) is 10.1 Å². The highest BCUT2D eigenvalue weighted by atomic mass is 32.2. The molecule has 6 heteroatoms. The minimum absolute atomic E-state index is 0.153. The zero-order valence-electron chi connectivity index (χ0n) is 6.49. The van der Waals surface area contributed by atoms with E-state index >= 15 is 0 Å². The van der Waals surface area contributed by atoms with E-state index in [-0.39, 0.29) is 5.56 Å². The van der Waals surface area contributed by atoms with E-state index in [1.807, 2.05) is 0 Å². The summed E-state index contributed by atoms with van der Waals surface area (Å²) in [5.41, 5.74) is 0.153. The molecule has 0 radical (unpaired) electrons. The van der Waals surface area contributed by atoms with Crippen molar-refractivity contribution in [2.45, 2.75) is 5.37 Å². The van der Waals surface area contributed by atoms with Crippen LogP contribution in [0.15, 0.2) is 35.5 Å². The van der Waals surface area contributed by atoms with Gasteiger partial charge >= 0.3 is 0 Å². The molecular weight excluding hydrogens is 194 g/mol. The molecule has 1 aromatic carbocycles. The van der Waals surface area contributed by atoms with E-state index in [1.54, 1.807) is 18.2 Å². The Hall–Kier alpha value is -1.27. The van der Waals surface area contributed by atoms with Crippen LogP contribution in [-0.4, -0.2) is 13.0 Å². The minimum Gasteiger partial charge on any atom is -0.284 e. The summed E-state index contributed by atoms with van der Waals surface area (Å²) in [6, 6.07) is 7.58. The first-order valence-corrected chi connectivity index (χ1v) is 4.89. The summed E-state index contributed by atoms with van der Waals surface area (Å²) in [5, 5.41) is 0.614. The van der Waals surface area contributed by atoms with Crippen molar-refractivity contribution < 1.29 is 13.0 Å². The molecule has 5 nitrogen and oxygen atoms in total. The van der Waals surface area contributed by atoms with Gasteiger partial charge in [-0.25, -0.2) is 0 Å². The highest BCUT2D eigenvalue weighted by molar-refractivity contribution is 7.86. The second-order valence-corrected chi connectivity index (χ2v) is 3.86. The predicted molar refractivity (Wildman–Crippen MR) is 46.5 cm³/mol. The molecule has 0 fully saturated rings. The maximum Gasteiger partial charge on any atom is 0.296 e. The molecule has 0 aliphatic carbocycles. The van der Waals surface area contributed by atoms with Crippen LogP contribution >= 0.6 is 0 Å². The van der Waals surface area contributed by atoms with Gasteiger partial charge in [-0.1, -0.05) is 30.3 Å². The first kappa shape index (κ1) is 9.82. The number of rotatable bonds is 3. The van der Waals surface area contributed by atoms with Gasteiger partial charge in [-0.05, 0) is 10.7 Å². The molecule has 0 saturated carbocycles. The minimum atomic E-state index is -4.45. The van der Waals surface area contributed by atoms with Gasteiger partial charge in [-0.3, -0.25) is 4.55 Å². The van der Waals surface area contributed by atoms with Crippen LogP contribution in [-0.2, 0) is 10.1 Å². The van der Waals surface area contributed by atoms with Crippen molar-refractivity contribution in [1.82, 2.24) is 0 Å². The van der Waals surface area contributed by atoms with Crippen LogP contribution in [0.3, 0.4) is 0 Å². The van der Waals surface area contributed by atoms with E-state index in [1.165, 1.54) is 12.1 Å². The topological polar surface area (TPSA) is 83.8 Å². The summed E-state index contributed by atoms with van der Waals surface area (Å²) >= 11 is 0. The lowest BCUT2D eigenvalue weighted by atomic mass is 10.2. The van der Waals surface area contributed by atoms with Crippen LogP contribution in [0.1, 0.15) is 10.9 Å². The smallest absolute Gasteiger partial charge is 0.284 e. The Morgan fingerprint density at radius 1 is 1.23 bits per heavy atom. The van der Waals surface area contributed by atoms with E-state index in [0.29, 0.717) is 0 Å². The third kappa shape index (κ3) is 2.33. The Kier molecular flexibility index (Phi) is 2.74. The summed E-state index contributed by atoms with van der Waals surface area (Å²) in [6.45, 7) is 0. The fourth-order valence-electron chi connectivity index (χ4n) is 0.905. The summed E-state index contributed by atoms with van der Waals surface area (Å²) in [6.07, 6.45) is 0. The van der Waals surface area contributed by atoms with E-state index in [4.69, 9.17) is 4.55 Å². The molecule has 70 valence electrons. The monoisotopic (exact) mass is 201 g/mol. The third-order valence-corrected chi connectivity index (χ3v) is 2.39. The molecule has 0 heterocycles. The summed E-state index contributed by atoms with van der Waals surface area (Å²) < 4.78 is 29.9. The molecule has 13 heavy (non-hydrogen) atoms. The second kappa shape index (κ2) is 3.63. The van der Waals surface area contributed by atoms with Gasteiger partial charge in [0.1, 0.15) is 0 Å². The van der Waals surface area contributed by atoms with Gasteiger partial charge < -0.3 is 0 Å². The number of hydrogen-bond acceptors (Lipinski definition) is 4. The molecule has 1 unspecified atom stereocenters. The zero-order valence-corrected chi connectivity index (χ0v) is 7.31. The van der Waals surface area contributed by atoms with Crippen LogP contribution in [0, 0.1) is 4.91 Å². The molecule has 0 aliphatic rings. The van der Waals surface area contributed by atoms with E-state index in [2.05, 4.69) is 5.18 Å². The largest absolute Gasteiger partial charge is 0.296 e. The van der Waals surface area contributed by atoms with Crippen LogP contribution in [0.2, 0.25) is 0 Å². The fourth-order valence-corrected chi connectivity index (χ4v) is 1.51. The average molecular weight is 201 g/mol. The fraction of sp³-hybridized carbons (Fsp3) is 0.143. The van der Waals surface area contributed by atoms with Crippen LogP contribution < -0.4 is 0 Å². The summed E-state index contributed by atoms with van der Waals surface area (Å²) in [4.78, 5) is 10.2. The van der Waals surface area contributed by atoms with E-state index < -0.39 is 15.5 Å². The van der Waals surface area contributed by atoms with Gasteiger partial charge in [0.15, 0.2) is 0 Å². The van der Waals surface area contributed by atoms with Gasteiger partial charge in [0, 0.05) is 0 Å². The normalized spacial score (nSPS) is 13.6. The molecule has 0 amide bonds. The van der Waals surface area contributed by atoms with Crippen molar-refractivity contribution in [3.8, 4) is 0 Å². The summed E-state index contributed by atoms with van der Waals surface area (Å²) in [7, 11) is -4.45. The standard InChI is InChI=1S/C7H7NO4S/c9-8-7(13(10,11)12)6-4-2-1-3-5-6/h1-5,7H,(H,10,11,12). The lowest BCUT2D eigenvalue weighted by Crippen LogP contribution is -2.08. The first-order chi connectivity index (χ1) is 6.05. The van der Waals surface area contributed by atoms with Crippen molar-refractivity contribution >= 4 is 10.1 Å². The molecule has 1 N–H and O–H groups in total. The number of benzene rings is 1. The van der Waals surface area contributed by atoms with Gasteiger partial charge in [-0.15, -0.1) is 4.91 Å². The predicted octanol–water partition coefficient (Wildman–Crippen LogP) is 1.34. The first-order valence-electron chi connectivity index (χ1n) is 3.39. The van der Waals surface area contributed by atoms with Gasteiger partial charge in [-0.2, -0.15) is 8.42 Å². The second-order valence-electron chi connectivity index (χ2n) is 2.38. The molecular formula is C7H7NO4S. The van der Waals surface area contributed by atoms with Crippen molar-refractivity contribution in [2.24, 2.45) is 5.18 Å². The number of nitroso groups, excluding NO2 is 1. The average Bonchev–Trinajstić information content (AvgIpc) is 2.05. The highest BCUT2D eigenvalue weighted by Crippen LogP contribution is 2.21. The third-order valence-electron chi connectivity index (χ3n) is 1.46. The molecule has 0 saturated heterocycles. The highest BCUT2D eigenvalue weighted by Gasteiger charge is 2.25. The molecule has 1 atom stereocenters. The van der Waals surface area contributed by atoms with Crippen molar-refractivity contribution in [2.75, 3.05) is 0 Å².